The van der Waals surface area contributed by atoms with Gasteiger partial charge in [-0.2, -0.15) is 0 Å². The SMILES string of the molecule is COCC1CCN(c2ccc(CCl)cc2[N+](=O)[O-])C1. The molecule has 1 aromatic rings. The van der Waals surface area contributed by atoms with E-state index in [9.17, 15) is 10.1 Å². The molecule has 1 aliphatic rings. The number of hydrogen-bond donors (Lipinski definition) is 0. The number of anilines is 1. The molecular formula is C13H17ClN2O3. The highest BCUT2D eigenvalue weighted by Crippen LogP contribution is 2.33. The third kappa shape index (κ3) is 3.16. The number of rotatable bonds is 5. The first-order chi connectivity index (χ1) is 9.15. The van der Waals surface area contributed by atoms with Crippen molar-refractivity contribution in [2.24, 2.45) is 5.92 Å². The zero-order valence-electron chi connectivity index (χ0n) is 10.8. The molecule has 0 amide bonds. The fourth-order valence-corrected chi connectivity index (χ4v) is 2.66. The molecule has 0 aromatic heterocycles. The molecule has 0 spiro atoms. The molecule has 6 heteroatoms. The van der Waals surface area contributed by atoms with Crippen LogP contribution >= 0.6 is 11.6 Å². The molecule has 104 valence electrons. The number of nitro benzene ring substituents is 1. The standard InChI is InChI=1S/C13H17ClN2O3/c1-19-9-11-4-5-15(8-11)12-3-2-10(7-14)6-13(12)16(17)18/h2-3,6,11H,4-5,7-9H2,1H3. The van der Waals surface area contributed by atoms with Gasteiger partial charge in [0.15, 0.2) is 0 Å². The van der Waals surface area contributed by atoms with Crippen LogP contribution in [0.5, 0.6) is 0 Å². The Balaban J connectivity index is 2.22. The summed E-state index contributed by atoms with van der Waals surface area (Å²) < 4.78 is 5.15. The zero-order valence-corrected chi connectivity index (χ0v) is 11.6. The maximum atomic E-state index is 11.2. The normalized spacial score (nSPS) is 18.8. The molecule has 5 nitrogen and oxygen atoms in total. The van der Waals surface area contributed by atoms with Gasteiger partial charge in [-0.05, 0) is 18.1 Å². The molecule has 19 heavy (non-hydrogen) atoms. The highest BCUT2D eigenvalue weighted by atomic mass is 35.5. The molecule has 0 aliphatic carbocycles. The van der Waals surface area contributed by atoms with E-state index in [0.717, 1.165) is 25.1 Å². The van der Waals surface area contributed by atoms with Gasteiger partial charge < -0.3 is 9.64 Å². The summed E-state index contributed by atoms with van der Waals surface area (Å²) in [7, 11) is 1.68. The maximum absolute atomic E-state index is 11.2. The number of ether oxygens (including phenoxy) is 1. The Morgan fingerprint density at radius 1 is 1.58 bits per heavy atom. The van der Waals surface area contributed by atoms with E-state index in [2.05, 4.69) is 4.90 Å². The van der Waals surface area contributed by atoms with Crippen molar-refractivity contribution in [3.63, 3.8) is 0 Å². The second-order valence-corrected chi connectivity index (χ2v) is 5.04. The van der Waals surface area contributed by atoms with Crippen LogP contribution in [0.1, 0.15) is 12.0 Å². The minimum atomic E-state index is -0.338. The molecule has 1 heterocycles. The third-order valence-corrected chi connectivity index (χ3v) is 3.73. The van der Waals surface area contributed by atoms with Crippen molar-refractivity contribution in [2.75, 3.05) is 31.7 Å². The lowest BCUT2D eigenvalue weighted by Gasteiger charge is -2.18. The molecular weight excluding hydrogens is 268 g/mol. The number of methoxy groups -OCH3 is 1. The summed E-state index contributed by atoms with van der Waals surface area (Å²) >= 11 is 5.73. The van der Waals surface area contributed by atoms with Gasteiger partial charge in [-0.1, -0.05) is 6.07 Å². The summed E-state index contributed by atoms with van der Waals surface area (Å²) in [5.41, 5.74) is 1.58. The van der Waals surface area contributed by atoms with Gasteiger partial charge in [-0.25, -0.2) is 0 Å². The van der Waals surface area contributed by atoms with E-state index < -0.39 is 0 Å². The molecule has 1 unspecified atom stereocenters. The summed E-state index contributed by atoms with van der Waals surface area (Å²) in [4.78, 5) is 12.9. The molecule has 1 fully saturated rings. The molecule has 0 saturated carbocycles. The molecule has 1 aromatic carbocycles. The average molecular weight is 285 g/mol. The van der Waals surface area contributed by atoms with Crippen LogP contribution in [0.25, 0.3) is 0 Å². The van der Waals surface area contributed by atoms with Gasteiger partial charge in [-0.3, -0.25) is 10.1 Å². The van der Waals surface area contributed by atoms with Crippen LogP contribution in [0.4, 0.5) is 11.4 Å². The Morgan fingerprint density at radius 3 is 3.00 bits per heavy atom. The second-order valence-electron chi connectivity index (χ2n) is 4.77. The lowest BCUT2D eigenvalue weighted by atomic mass is 10.1. The van der Waals surface area contributed by atoms with Gasteiger partial charge >= 0.3 is 0 Å². The van der Waals surface area contributed by atoms with Gasteiger partial charge in [0.2, 0.25) is 0 Å². The number of nitrogens with zero attached hydrogens (tertiary/aromatic N) is 2. The molecule has 1 saturated heterocycles. The minimum Gasteiger partial charge on any atom is -0.384 e. The van der Waals surface area contributed by atoms with Crippen molar-refractivity contribution >= 4 is 23.0 Å². The van der Waals surface area contributed by atoms with Crippen LogP contribution < -0.4 is 4.90 Å². The van der Waals surface area contributed by atoms with Crippen LogP contribution in [0.2, 0.25) is 0 Å². The number of benzene rings is 1. The van der Waals surface area contributed by atoms with Crippen molar-refractivity contribution < 1.29 is 9.66 Å². The summed E-state index contributed by atoms with van der Waals surface area (Å²) in [5, 5.41) is 11.2. The van der Waals surface area contributed by atoms with Crippen molar-refractivity contribution in [2.45, 2.75) is 12.3 Å². The van der Waals surface area contributed by atoms with Crippen LogP contribution in [0, 0.1) is 16.0 Å². The Hall–Kier alpha value is -1.33. The molecule has 0 radical (unpaired) electrons. The van der Waals surface area contributed by atoms with Crippen molar-refractivity contribution in [1.29, 1.82) is 0 Å². The highest BCUT2D eigenvalue weighted by molar-refractivity contribution is 6.17. The molecule has 1 atom stereocenters. The van der Waals surface area contributed by atoms with Crippen molar-refractivity contribution in [3.8, 4) is 0 Å². The summed E-state index contributed by atoms with van der Waals surface area (Å²) in [6, 6.07) is 5.20. The van der Waals surface area contributed by atoms with Crippen molar-refractivity contribution in [3.05, 3.63) is 33.9 Å². The minimum absolute atomic E-state index is 0.135. The van der Waals surface area contributed by atoms with E-state index in [1.165, 1.54) is 0 Å². The first kappa shape index (κ1) is 14.1. The predicted molar refractivity (Wildman–Crippen MR) is 74.8 cm³/mol. The summed E-state index contributed by atoms with van der Waals surface area (Å²) in [6.07, 6.45) is 1.00. The van der Waals surface area contributed by atoms with Gasteiger partial charge in [0.05, 0.1) is 11.5 Å². The molecule has 1 aliphatic heterocycles. The van der Waals surface area contributed by atoms with E-state index in [-0.39, 0.29) is 16.5 Å². The van der Waals surface area contributed by atoms with Crippen molar-refractivity contribution in [1.82, 2.24) is 0 Å². The monoisotopic (exact) mass is 284 g/mol. The topological polar surface area (TPSA) is 55.6 Å². The smallest absolute Gasteiger partial charge is 0.292 e. The van der Waals surface area contributed by atoms with E-state index in [1.807, 2.05) is 6.07 Å². The van der Waals surface area contributed by atoms with Gasteiger partial charge in [0.1, 0.15) is 5.69 Å². The number of hydrogen-bond acceptors (Lipinski definition) is 4. The van der Waals surface area contributed by atoms with E-state index in [4.69, 9.17) is 16.3 Å². The van der Waals surface area contributed by atoms with Crippen LogP contribution in [-0.2, 0) is 10.6 Å². The lowest BCUT2D eigenvalue weighted by Crippen LogP contribution is -2.22. The van der Waals surface area contributed by atoms with Gasteiger partial charge in [0, 0.05) is 38.1 Å². The maximum Gasteiger partial charge on any atom is 0.292 e. The quantitative estimate of drug-likeness (QED) is 0.474. The molecule has 0 bridgehead atoms. The fourth-order valence-electron chi connectivity index (χ4n) is 2.49. The average Bonchev–Trinajstić information content (AvgIpc) is 2.87. The Kier molecular flexibility index (Phi) is 4.61. The number of halogens is 1. The zero-order chi connectivity index (χ0) is 13.8. The van der Waals surface area contributed by atoms with E-state index in [1.54, 1.807) is 19.2 Å². The summed E-state index contributed by atoms with van der Waals surface area (Å²) in [5.74, 6) is 0.727. The first-order valence-corrected chi connectivity index (χ1v) is 6.76. The van der Waals surface area contributed by atoms with Crippen LogP contribution in [-0.4, -0.2) is 31.7 Å². The molecule has 0 N–H and O–H groups in total. The van der Waals surface area contributed by atoms with Crippen LogP contribution in [0.3, 0.4) is 0 Å². The third-order valence-electron chi connectivity index (χ3n) is 3.42. The Morgan fingerprint density at radius 2 is 2.37 bits per heavy atom. The first-order valence-electron chi connectivity index (χ1n) is 6.23. The predicted octanol–water partition coefficient (Wildman–Crippen LogP) is 2.81. The van der Waals surface area contributed by atoms with Crippen LogP contribution in [0.15, 0.2) is 18.2 Å². The number of nitro groups is 1. The number of alkyl halides is 1. The highest BCUT2D eigenvalue weighted by Gasteiger charge is 2.27. The second kappa shape index (κ2) is 6.21. The lowest BCUT2D eigenvalue weighted by molar-refractivity contribution is -0.384. The van der Waals surface area contributed by atoms with E-state index in [0.29, 0.717) is 18.2 Å². The fraction of sp³-hybridized carbons (Fsp3) is 0.538. The largest absolute Gasteiger partial charge is 0.384 e. The van der Waals surface area contributed by atoms with Gasteiger partial charge in [-0.15, -0.1) is 11.6 Å². The Bertz CT molecular complexity index is 467. The summed E-state index contributed by atoms with van der Waals surface area (Å²) in [6.45, 7) is 2.33. The molecule has 2 rings (SSSR count). The van der Waals surface area contributed by atoms with Gasteiger partial charge in [0.25, 0.3) is 5.69 Å². The van der Waals surface area contributed by atoms with E-state index >= 15 is 0 Å². The Labute approximate surface area is 117 Å².